The molecule has 2 aromatic heterocycles. The van der Waals surface area contributed by atoms with Crippen molar-refractivity contribution in [3.63, 3.8) is 0 Å². The molecule has 0 fully saturated rings. The first kappa shape index (κ1) is 22.0. The fraction of sp³-hybridized carbons (Fsp3) is 0.440. The molecule has 1 aliphatic carbocycles. The molecule has 32 heavy (non-hydrogen) atoms. The quantitative estimate of drug-likeness (QED) is 0.459. The maximum absolute atomic E-state index is 12.8. The molecule has 3 aromatic rings. The number of aryl methyl sites for hydroxylation is 2. The largest absolute Gasteiger partial charge is 0.292 e. The Balaban J connectivity index is 1.47. The molecule has 1 amide bonds. The molecular weight excluding hydrogens is 400 g/mol. The SMILES string of the molecule is Cc1nn(-c2ccccc2)c(C)c1/C=N\NC(=O)c1n[nH]c2c1C[C@H](CC(C)(C)C)CC2. The number of hydrogen-bond donors (Lipinski definition) is 2. The van der Waals surface area contributed by atoms with Crippen molar-refractivity contribution in [3.8, 4) is 5.69 Å². The number of H-pyrrole nitrogens is 1. The Kier molecular flexibility index (Phi) is 6.00. The van der Waals surface area contributed by atoms with E-state index in [1.165, 1.54) is 0 Å². The van der Waals surface area contributed by atoms with Crippen molar-refractivity contribution in [1.82, 2.24) is 25.4 Å². The van der Waals surface area contributed by atoms with Crippen LogP contribution in [0.1, 0.15) is 72.3 Å². The highest BCUT2D eigenvalue weighted by molar-refractivity contribution is 5.95. The van der Waals surface area contributed by atoms with Crippen LogP contribution in [0, 0.1) is 25.2 Å². The molecule has 0 aliphatic heterocycles. The van der Waals surface area contributed by atoms with Crippen LogP contribution >= 0.6 is 0 Å². The van der Waals surface area contributed by atoms with Crippen LogP contribution in [-0.2, 0) is 12.8 Å². The summed E-state index contributed by atoms with van der Waals surface area (Å²) in [7, 11) is 0. The molecule has 1 atom stereocenters. The molecule has 0 spiro atoms. The number of fused-ring (bicyclic) bond motifs is 1. The van der Waals surface area contributed by atoms with E-state index in [-0.39, 0.29) is 11.3 Å². The van der Waals surface area contributed by atoms with E-state index in [1.54, 1.807) is 6.21 Å². The number of nitrogens with one attached hydrogen (secondary N) is 2. The Morgan fingerprint density at radius 1 is 1.28 bits per heavy atom. The second-order valence-corrected chi connectivity index (χ2v) is 9.93. The first-order chi connectivity index (χ1) is 15.2. The summed E-state index contributed by atoms with van der Waals surface area (Å²) in [6.07, 6.45) is 5.77. The third-order valence-electron chi connectivity index (χ3n) is 6.07. The van der Waals surface area contributed by atoms with Crippen molar-refractivity contribution in [2.24, 2.45) is 16.4 Å². The number of carbonyl (C=O) groups excluding carboxylic acids is 1. The van der Waals surface area contributed by atoms with Gasteiger partial charge in [-0.25, -0.2) is 10.1 Å². The lowest BCUT2D eigenvalue weighted by Crippen LogP contribution is -2.24. The first-order valence-electron chi connectivity index (χ1n) is 11.2. The smallest absolute Gasteiger partial charge is 0.281 e. The summed E-state index contributed by atoms with van der Waals surface area (Å²) in [5.41, 5.74) is 9.23. The molecule has 7 nitrogen and oxygen atoms in total. The van der Waals surface area contributed by atoms with E-state index in [1.807, 2.05) is 48.9 Å². The lowest BCUT2D eigenvalue weighted by molar-refractivity contribution is 0.0948. The number of benzene rings is 1. The van der Waals surface area contributed by atoms with Gasteiger partial charge in [-0.15, -0.1) is 0 Å². The molecular formula is C25H32N6O. The van der Waals surface area contributed by atoms with Crippen molar-refractivity contribution in [2.45, 2.75) is 60.3 Å². The molecule has 168 valence electrons. The number of hydrazone groups is 1. The minimum absolute atomic E-state index is 0.276. The Bertz CT molecular complexity index is 1130. The second-order valence-electron chi connectivity index (χ2n) is 9.93. The maximum atomic E-state index is 12.8. The van der Waals surface area contributed by atoms with Crippen molar-refractivity contribution >= 4 is 12.1 Å². The average Bonchev–Trinajstić information content (AvgIpc) is 3.28. The summed E-state index contributed by atoms with van der Waals surface area (Å²) in [5, 5.41) is 16.2. The molecule has 2 N–H and O–H groups in total. The number of aromatic amines is 1. The van der Waals surface area contributed by atoms with E-state index < -0.39 is 0 Å². The highest BCUT2D eigenvalue weighted by atomic mass is 16.2. The van der Waals surface area contributed by atoms with Crippen LogP contribution < -0.4 is 5.43 Å². The van der Waals surface area contributed by atoms with E-state index in [0.717, 1.165) is 59.6 Å². The fourth-order valence-electron chi connectivity index (χ4n) is 4.67. The molecule has 1 aromatic carbocycles. The Labute approximate surface area is 189 Å². The first-order valence-corrected chi connectivity index (χ1v) is 11.2. The number of nitrogens with zero attached hydrogens (tertiary/aromatic N) is 4. The normalized spacial score (nSPS) is 16.3. The van der Waals surface area contributed by atoms with Crippen molar-refractivity contribution in [3.05, 3.63) is 64.2 Å². The lowest BCUT2D eigenvalue weighted by Gasteiger charge is -2.28. The Morgan fingerprint density at radius 3 is 2.75 bits per heavy atom. The van der Waals surface area contributed by atoms with E-state index >= 15 is 0 Å². The van der Waals surface area contributed by atoms with Crippen LogP contribution in [0.5, 0.6) is 0 Å². The van der Waals surface area contributed by atoms with Crippen molar-refractivity contribution in [1.29, 1.82) is 0 Å². The molecule has 0 bridgehead atoms. The maximum Gasteiger partial charge on any atom is 0.292 e. The molecule has 0 saturated carbocycles. The summed E-state index contributed by atoms with van der Waals surface area (Å²) in [4.78, 5) is 12.8. The minimum atomic E-state index is -0.277. The predicted octanol–water partition coefficient (Wildman–Crippen LogP) is 4.52. The zero-order chi connectivity index (χ0) is 22.9. The van der Waals surface area contributed by atoms with Crippen LogP contribution in [-0.4, -0.2) is 32.1 Å². The van der Waals surface area contributed by atoms with Gasteiger partial charge in [-0.3, -0.25) is 9.89 Å². The number of para-hydroxylation sites is 1. The highest BCUT2D eigenvalue weighted by Crippen LogP contribution is 2.34. The van der Waals surface area contributed by atoms with Gasteiger partial charge in [-0.2, -0.15) is 15.3 Å². The minimum Gasteiger partial charge on any atom is -0.281 e. The van der Waals surface area contributed by atoms with Gasteiger partial charge in [-0.05, 0) is 63.0 Å². The zero-order valence-electron chi connectivity index (χ0n) is 19.6. The third kappa shape index (κ3) is 4.66. The van der Waals surface area contributed by atoms with Crippen molar-refractivity contribution < 1.29 is 4.79 Å². The van der Waals surface area contributed by atoms with E-state index in [2.05, 4.69) is 46.6 Å². The molecule has 0 unspecified atom stereocenters. The van der Waals surface area contributed by atoms with Gasteiger partial charge in [0, 0.05) is 16.8 Å². The zero-order valence-corrected chi connectivity index (χ0v) is 19.6. The summed E-state index contributed by atoms with van der Waals surface area (Å²) in [5.74, 6) is 0.296. The van der Waals surface area contributed by atoms with Crippen LogP contribution in [0.15, 0.2) is 35.4 Å². The monoisotopic (exact) mass is 432 g/mol. The number of rotatable bonds is 5. The van der Waals surface area contributed by atoms with Crippen LogP contribution in [0.4, 0.5) is 0 Å². The van der Waals surface area contributed by atoms with Gasteiger partial charge in [-0.1, -0.05) is 39.0 Å². The Morgan fingerprint density at radius 2 is 2.03 bits per heavy atom. The number of aromatic nitrogens is 4. The predicted molar refractivity (Wildman–Crippen MR) is 126 cm³/mol. The second kappa shape index (κ2) is 8.73. The summed E-state index contributed by atoms with van der Waals surface area (Å²) < 4.78 is 1.89. The number of hydrogen-bond acceptors (Lipinski definition) is 4. The average molecular weight is 433 g/mol. The van der Waals surface area contributed by atoms with Gasteiger partial charge >= 0.3 is 0 Å². The van der Waals surface area contributed by atoms with E-state index in [9.17, 15) is 4.79 Å². The summed E-state index contributed by atoms with van der Waals surface area (Å²) in [6, 6.07) is 9.96. The standard InChI is InChI=1S/C25H32N6O/c1-16-21(17(2)31(30-16)19-9-7-6-8-10-19)15-26-29-24(32)23-20-13-18(14-25(3,4)5)11-12-22(20)27-28-23/h6-10,15,18H,11-14H2,1-5H3,(H,27,28)(H,29,32)/b26-15-/t18-/m1/s1. The van der Waals surface area contributed by atoms with E-state index in [4.69, 9.17) is 0 Å². The van der Waals surface area contributed by atoms with Gasteiger partial charge in [0.05, 0.1) is 23.3 Å². The molecule has 7 heteroatoms. The van der Waals surface area contributed by atoms with Crippen LogP contribution in [0.2, 0.25) is 0 Å². The van der Waals surface area contributed by atoms with Gasteiger partial charge in [0.2, 0.25) is 0 Å². The fourth-order valence-corrected chi connectivity index (χ4v) is 4.67. The van der Waals surface area contributed by atoms with Gasteiger partial charge in [0.1, 0.15) is 0 Å². The van der Waals surface area contributed by atoms with Crippen LogP contribution in [0.25, 0.3) is 5.69 Å². The molecule has 2 heterocycles. The topological polar surface area (TPSA) is 88.0 Å². The van der Waals surface area contributed by atoms with E-state index in [0.29, 0.717) is 11.6 Å². The summed E-state index contributed by atoms with van der Waals surface area (Å²) in [6.45, 7) is 10.7. The number of carbonyl (C=O) groups is 1. The third-order valence-corrected chi connectivity index (χ3v) is 6.07. The molecule has 1 aliphatic rings. The molecule has 0 radical (unpaired) electrons. The van der Waals surface area contributed by atoms with Gasteiger partial charge < -0.3 is 0 Å². The highest BCUT2D eigenvalue weighted by Gasteiger charge is 2.29. The molecule has 0 saturated heterocycles. The molecule has 4 rings (SSSR count). The number of amides is 1. The van der Waals surface area contributed by atoms with Crippen molar-refractivity contribution in [2.75, 3.05) is 0 Å². The Hall–Kier alpha value is -3.22. The lowest BCUT2D eigenvalue weighted by atomic mass is 9.76. The van der Waals surface area contributed by atoms with Gasteiger partial charge in [0.25, 0.3) is 5.91 Å². The summed E-state index contributed by atoms with van der Waals surface area (Å²) >= 11 is 0. The van der Waals surface area contributed by atoms with Gasteiger partial charge in [0.15, 0.2) is 5.69 Å². The van der Waals surface area contributed by atoms with Crippen LogP contribution in [0.3, 0.4) is 0 Å².